The van der Waals surface area contributed by atoms with E-state index in [0.29, 0.717) is 0 Å². The monoisotopic (exact) mass is 872 g/mol. The molecule has 0 aromatic heterocycles. The summed E-state index contributed by atoms with van der Waals surface area (Å²) in [7, 11) is 0. The highest BCUT2D eigenvalue weighted by molar-refractivity contribution is 5.81. The third-order valence-corrected chi connectivity index (χ3v) is 11.5. The second-order valence-electron chi connectivity index (χ2n) is 16.3. The molecular weight excluding hydrogens is 821 g/mol. The van der Waals surface area contributed by atoms with Crippen LogP contribution in [0.4, 0.5) is 34.1 Å². The van der Waals surface area contributed by atoms with Crippen molar-refractivity contribution in [3.05, 3.63) is 311 Å². The molecule has 0 bridgehead atoms. The fraction of sp³-hybridized carbons (Fsp3) is 0. The van der Waals surface area contributed by atoms with E-state index in [9.17, 15) is 0 Å². The van der Waals surface area contributed by atoms with Gasteiger partial charge in [-0.1, -0.05) is 243 Å². The zero-order chi connectivity index (χ0) is 46.0. The molecule has 326 valence electrons. The molecule has 0 heterocycles. The Morgan fingerprint density at radius 2 is 0.338 bits per heavy atom. The Morgan fingerprint density at radius 3 is 0.588 bits per heavy atom. The Labute approximate surface area is 402 Å². The summed E-state index contributed by atoms with van der Waals surface area (Å²) < 4.78 is 0. The predicted molar refractivity (Wildman–Crippen MR) is 296 cm³/mol. The van der Waals surface area contributed by atoms with Gasteiger partial charge in [-0.2, -0.15) is 0 Å². The maximum atomic E-state index is 2.29. The van der Waals surface area contributed by atoms with Crippen LogP contribution >= 0.6 is 0 Å². The lowest BCUT2D eigenvalue weighted by atomic mass is 10.1. The van der Waals surface area contributed by atoms with E-state index in [1.165, 1.54) is 11.1 Å². The highest BCUT2D eigenvalue weighted by Crippen LogP contribution is 2.36. The number of allylic oxidation sites excluding steroid dienone is 4. The van der Waals surface area contributed by atoms with Crippen LogP contribution in [0.15, 0.2) is 267 Å². The summed E-state index contributed by atoms with van der Waals surface area (Å²) in [6.45, 7) is 0. The van der Waals surface area contributed by atoms with E-state index in [-0.39, 0.29) is 0 Å². The zero-order valence-corrected chi connectivity index (χ0v) is 37.9. The van der Waals surface area contributed by atoms with Gasteiger partial charge in [-0.25, -0.2) is 0 Å². The van der Waals surface area contributed by atoms with Crippen LogP contribution < -0.4 is 9.80 Å². The molecular formula is C66H52N2. The van der Waals surface area contributed by atoms with Gasteiger partial charge in [0.2, 0.25) is 0 Å². The third-order valence-electron chi connectivity index (χ3n) is 11.5. The summed E-state index contributed by atoms with van der Waals surface area (Å²) in [4.78, 5) is 4.59. The summed E-state index contributed by atoms with van der Waals surface area (Å²) in [6.07, 6.45) is 25.5. The second kappa shape index (κ2) is 22.8. The summed E-state index contributed by atoms with van der Waals surface area (Å²) >= 11 is 0. The predicted octanol–water partition coefficient (Wildman–Crippen LogP) is 18.4. The second-order valence-corrected chi connectivity index (χ2v) is 16.3. The van der Waals surface area contributed by atoms with E-state index in [1.54, 1.807) is 0 Å². The number of para-hydroxylation sites is 2. The molecule has 9 aromatic carbocycles. The highest BCUT2D eigenvalue weighted by atomic mass is 15.1. The first-order valence-electron chi connectivity index (χ1n) is 23.1. The van der Waals surface area contributed by atoms with Crippen LogP contribution in [0.25, 0.3) is 48.6 Å². The maximum absolute atomic E-state index is 2.29. The third kappa shape index (κ3) is 12.2. The minimum Gasteiger partial charge on any atom is -0.311 e. The van der Waals surface area contributed by atoms with Crippen molar-refractivity contribution in [3.8, 4) is 0 Å². The first-order valence-corrected chi connectivity index (χ1v) is 23.1. The van der Waals surface area contributed by atoms with E-state index in [4.69, 9.17) is 0 Å². The average molecular weight is 873 g/mol. The van der Waals surface area contributed by atoms with E-state index >= 15 is 0 Å². The molecule has 0 aliphatic heterocycles. The van der Waals surface area contributed by atoms with Crippen LogP contribution in [-0.4, -0.2) is 0 Å². The van der Waals surface area contributed by atoms with Gasteiger partial charge in [0.15, 0.2) is 0 Å². The van der Waals surface area contributed by atoms with E-state index in [2.05, 4.69) is 313 Å². The molecule has 0 aliphatic rings. The molecule has 0 spiro atoms. The van der Waals surface area contributed by atoms with Crippen molar-refractivity contribution >= 4 is 82.7 Å². The molecule has 0 aliphatic carbocycles. The fourth-order valence-electron chi connectivity index (χ4n) is 7.88. The molecule has 0 atom stereocenters. The SMILES string of the molecule is C(C=Cc1ccc(N(c2ccccc2)c2ccc(C=Cc3ccc(C=Cc4ccc(N(c5ccccc5)c5ccc(C=CC=Cc6ccccc6)cc5)cc4)cc3)cc2)cc1)=Cc1ccccc1. The zero-order valence-electron chi connectivity index (χ0n) is 37.9. The van der Waals surface area contributed by atoms with Crippen LogP contribution in [0.5, 0.6) is 0 Å². The number of anilines is 6. The molecule has 0 radical (unpaired) electrons. The van der Waals surface area contributed by atoms with Gasteiger partial charge in [-0.15, -0.1) is 0 Å². The van der Waals surface area contributed by atoms with Crippen LogP contribution in [-0.2, 0) is 0 Å². The standard InChI is InChI=1S/C66H52N2/c1-5-17-53(18-6-1)21-13-15-23-55-37-45-63(46-38-55)67(61-25-9-3-10-26-61)65-49-41-59(42-50-65)35-33-57-29-31-58(32-30-57)34-36-60-43-51-66(52-44-60)68(62-27-11-4-12-28-62)64-47-39-56(40-48-64)24-16-14-22-54-19-7-2-8-20-54/h1-52H. The lowest BCUT2D eigenvalue weighted by Crippen LogP contribution is -2.09. The van der Waals surface area contributed by atoms with Crippen LogP contribution in [0, 0.1) is 0 Å². The number of hydrogen-bond donors (Lipinski definition) is 0. The highest BCUT2D eigenvalue weighted by Gasteiger charge is 2.13. The van der Waals surface area contributed by atoms with Crippen molar-refractivity contribution < 1.29 is 0 Å². The summed E-state index contributed by atoms with van der Waals surface area (Å²) in [5.41, 5.74) is 15.9. The minimum atomic E-state index is 1.10. The largest absolute Gasteiger partial charge is 0.311 e. The molecule has 0 N–H and O–H groups in total. The molecule has 0 fully saturated rings. The van der Waals surface area contributed by atoms with E-state index < -0.39 is 0 Å². The van der Waals surface area contributed by atoms with Gasteiger partial charge in [-0.3, -0.25) is 0 Å². The van der Waals surface area contributed by atoms with Crippen LogP contribution in [0.1, 0.15) is 44.5 Å². The number of benzene rings is 9. The minimum absolute atomic E-state index is 1.10. The van der Waals surface area contributed by atoms with Crippen molar-refractivity contribution in [1.82, 2.24) is 0 Å². The molecule has 9 rings (SSSR count). The molecule has 9 aromatic rings. The molecule has 0 unspecified atom stereocenters. The molecule has 68 heavy (non-hydrogen) atoms. The Hall–Kier alpha value is -8.98. The maximum Gasteiger partial charge on any atom is 0.0462 e. The van der Waals surface area contributed by atoms with Gasteiger partial charge in [0.25, 0.3) is 0 Å². The molecule has 2 heteroatoms. The molecule has 0 saturated carbocycles. The van der Waals surface area contributed by atoms with Gasteiger partial charge in [-0.05, 0) is 117 Å². The first kappa shape index (κ1) is 44.2. The van der Waals surface area contributed by atoms with Crippen molar-refractivity contribution in [3.63, 3.8) is 0 Å². The van der Waals surface area contributed by atoms with Crippen molar-refractivity contribution in [2.45, 2.75) is 0 Å². The van der Waals surface area contributed by atoms with Gasteiger partial charge in [0.1, 0.15) is 0 Å². The topological polar surface area (TPSA) is 6.48 Å². The number of rotatable bonds is 16. The molecule has 0 amide bonds. The van der Waals surface area contributed by atoms with E-state index in [0.717, 1.165) is 67.5 Å². The Kier molecular flexibility index (Phi) is 14.8. The summed E-state index contributed by atoms with van der Waals surface area (Å²) in [6, 6.07) is 85.3. The fourth-order valence-corrected chi connectivity index (χ4v) is 7.88. The lowest BCUT2D eigenvalue weighted by molar-refractivity contribution is 1.28. The van der Waals surface area contributed by atoms with E-state index in [1.807, 2.05) is 12.1 Å². The van der Waals surface area contributed by atoms with Gasteiger partial charge in [0, 0.05) is 34.1 Å². The van der Waals surface area contributed by atoms with Crippen molar-refractivity contribution in [2.75, 3.05) is 9.80 Å². The summed E-state index contributed by atoms with van der Waals surface area (Å²) in [5, 5.41) is 0. The Balaban J connectivity index is 0.823. The van der Waals surface area contributed by atoms with Crippen molar-refractivity contribution in [1.29, 1.82) is 0 Å². The number of hydrogen-bond acceptors (Lipinski definition) is 2. The van der Waals surface area contributed by atoms with Gasteiger partial charge >= 0.3 is 0 Å². The Morgan fingerprint density at radius 1 is 0.162 bits per heavy atom. The van der Waals surface area contributed by atoms with Crippen LogP contribution in [0.3, 0.4) is 0 Å². The number of nitrogens with zero attached hydrogens (tertiary/aromatic N) is 2. The normalized spacial score (nSPS) is 11.8. The smallest absolute Gasteiger partial charge is 0.0462 e. The Bertz CT molecular complexity index is 2910. The van der Waals surface area contributed by atoms with Crippen LogP contribution in [0.2, 0.25) is 0 Å². The first-order chi connectivity index (χ1) is 33.7. The molecule has 0 saturated heterocycles. The van der Waals surface area contributed by atoms with Gasteiger partial charge < -0.3 is 9.80 Å². The van der Waals surface area contributed by atoms with Crippen molar-refractivity contribution in [2.24, 2.45) is 0 Å². The summed E-state index contributed by atoms with van der Waals surface area (Å²) in [5.74, 6) is 0. The van der Waals surface area contributed by atoms with Gasteiger partial charge in [0.05, 0.1) is 0 Å². The quantitative estimate of drug-likeness (QED) is 0.0705. The average Bonchev–Trinajstić information content (AvgIpc) is 3.41. The molecule has 2 nitrogen and oxygen atoms in total. The lowest BCUT2D eigenvalue weighted by Gasteiger charge is -2.25.